The second-order valence-electron chi connectivity index (χ2n) is 8.26. The molecular weight excluding hydrogens is 415 g/mol. The molecule has 0 N–H and O–H groups in total. The Hall–Kier alpha value is 0.0569. The fourth-order valence-electron chi connectivity index (χ4n) is 2.68. The molecule has 0 aliphatic heterocycles. The van der Waals surface area contributed by atoms with E-state index in [4.69, 9.17) is 4.43 Å². The van der Waals surface area contributed by atoms with E-state index in [2.05, 4.69) is 68.6 Å². The van der Waals surface area contributed by atoms with Crippen LogP contribution in [0.3, 0.4) is 0 Å². The molecule has 1 aliphatic carbocycles. The van der Waals surface area contributed by atoms with Crippen molar-refractivity contribution in [3.05, 3.63) is 21.8 Å². The second-order valence-corrected chi connectivity index (χ2v) is 14.4. The average molecular weight is 448 g/mol. The summed E-state index contributed by atoms with van der Waals surface area (Å²) in [6.45, 7) is 13.1. The quantitative estimate of drug-likeness (QED) is 0.194. The third-order valence-electron chi connectivity index (χ3n) is 4.97. The van der Waals surface area contributed by atoms with Crippen LogP contribution in [0.1, 0.15) is 59.8 Å². The van der Waals surface area contributed by atoms with Gasteiger partial charge in [-0.25, -0.2) is 0 Å². The molecule has 2 nitrogen and oxygen atoms in total. The molecule has 0 bridgehead atoms. The molecule has 0 heterocycles. The molecule has 1 rings (SSSR count). The summed E-state index contributed by atoms with van der Waals surface area (Å²) < 4.78 is 7.82. The monoisotopic (exact) mass is 448 g/mol. The van der Waals surface area contributed by atoms with Crippen molar-refractivity contribution >= 4 is 36.7 Å². The highest BCUT2D eigenvalue weighted by atomic mass is 127. The molecule has 0 radical (unpaired) electrons. The maximum absolute atomic E-state index is 11.3. The van der Waals surface area contributed by atoms with Crippen molar-refractivity contribution in [2.45, 2.75) is 84.0 Å². The molecule has 0 aromatic rings. The second kappa shape index (κ2) is 8.95. The van der Waals surface area contributed by atoms with Gasteiger partial charge in [0.1, 0.15) is 0 Å². The molecule has 0 aromatic carbocycles. The Morgan fingerprint density at radius 1 is 1.43 bits per heavy atom. The Morgan fingerprint density at radius 3 is 2.57 bits per heavy atom. The number of allylic oxidation sites excluding steroid dienone is 3. The summed E-state index contributed by atoms with van der Waals surface area (Å²) in [6.07, 6.45) is 12.3. The van der Waals surface area contributed by atoms with E-state index in [0.29, 0.717) is 5.92 Å². The molecule has 0 aromatic heterocycles. The molecule has 0 spiro atoms. The predicted molar refractivity (Wildman–Crippen MR) is 111 cm³/mol. The van der Waals surface area contributed by atoms with E-state index < -0.39 is 8.32 Å². The maximum atomic E-state index is 11.3. The SMILES string of the molecule is CC(=O)/C=C(\I)CC(CC1C=CCCC1)O[Si](C)(C)C(C)(C)C. The lowest BCUT2D eigenvalue weighted by Gasteiger charge is -2.40. The van der Waals surface area contributed by atoms with Crippen LogP contribution in [-0.4, -0.2) is 20.2 Å². The van der Waals surface area contributed by atoms with Gasteiger partial charge in [0.25, 0.3) is 0 Å². The minimum Gasteiger partial charge on any atom is -0.414 e. The van der Waals surface area contributed by atoms with Gasteiger partial charge in [0, 0.05) is 6.42 Å². The zero-order valence-electron chi connectivity index (χ0n) is 15.6. The predicted octanol–water partition coefficient (Wildman–Crippen LogP) is 6.42. The molecule has 4 heteroatoms. The van der Waals surface area contributed by atoms with Gasteiger partial charge in [0.15, 0.2) is 14.1 Å². The minimum atomic E-state index is -1.80. The fourth-order valence-corrected chi connectivity index (χ4v) is 4.98. The van der Waals surface area contributed by atoms with Gasteiger partial charge in [-0.3, -0.25) is 4.79 Å². The van der Waals surface area contributed by atoms with E-state index in [1.807, 2.05) is 0 Å². The van der Waals surface area contributed by atoms with Crippen molar-refractivity contribution in [3.63, 3.8) is 0 Å². The zero-order valence-corrected chi connectivity index (χ0v) is 18.8. The van der Waals surface area contributed by atoms with Gasteiger partial charge in [-0.15, -0.1) is 0 Å². The Labute approximate surface area is 157 Å². The summed E-state index contributed by atoms with van der Waals surface area (Å²) in [5.74, 6) is 0.748. The maximum Gasteiger partial charge on any atom is 0.192 e. The molecule has 0 amide bonds. The van der Waals surface area contributed by atoms with E-state index in [1.165, 1.54) is 19.3 Å². The van der Waals surface area contributed by atoms with Crippen molar-refractivity contribution in [1.29, 1.82) is 0 Å². The number of carbonyl (C=O) groups is 1. The topological polar surface area (TPSA) is 26.3 Å². The van der Waals surface area contributed by atoms with Crippen molar-refractivity contribution in [3.8, 4) is 0 Å². The summed E-state index contributed by atoms with van der Waals surface area (Å²) in [6, 6.07) is 0. The minimum absolute atomic E-state index is 0.123. The highest BCUT2D eigenvalue weighted by Crippen LogP contribution is 2.39. The largest absolute Gasteiger partial charge is 0.414 e. The zero-order chi connectivity index (χ0) is 17.7. The fraction of sp³-hybridized carbons (Fsp3) is 0.737. The van der Waals surface area contributed by atoms with E-state index in [1.54, 1.807) is 13.0 Å². The van der Waals surface area contributed by atoms with Crippen LogP contribution >= 0.6 is 22.6 Å². The Balaban J connectivity index is 2.85. The third kappa shape index (κ3) is 7.65. The average Bonchev–Trinajstić information content (AvgIpc) is 2.36. The Morgan fingerprint density at radius 2 is 2.09 bits per heavy atom. The van der Waals surface area contributed by atoms with Crippen molar-refractivity contribution in [2.75, 3.05) is 0 Å². The van der Waals surface area contributed by atoms with Gasteiger partial charge in [-0.2, -0.15) is 0 Å². The molecular formula is C19H33IO2Si. The smallest absolute Gasteiger partial charge is 0.192 e. The summed E-state index contributed by atoms with van der Waals surface area (Å²) in [7, 11) is -1.80. The van der Waals surface area contributed by atoms with Gasteiger partial charge < -0.3 is 4.43 Å². The van der Waals surface area contributed by atoms with E-state index in [-0.39, 0.29) is 16.9 Å². The van der Waals surface area contributed by atoms with Crippen molar-refractivity contribution < 1.29 is 9.22 Å². The van der Waals surface area contributed by atoms with E-state index in [9.17, 15) is 4.79 Å². The van der Waals surface area contributed by atoms with Crippen LogP contribution in [0.5, 0.6) is 0 Å². The number of hydrogen-bond donors (Lipinski definition) is 0. The summed E-state index contributed by atoms with van der Waals surface area (Å²) >= 11 is 2.30. The summed E-state index contributed by atoms with van der Waals surface area (Å²) in [5, 5.41) is 0.212. The number of rotatable bonds is 7. The highest BCUT2D eigenvalue weighted by Gasteiger charge is 2.39. The molecule has 1 aliphatic rings. The Kier molecular flexibility index (Phi) is 8.21. The van der Waals surface area contributed by atoms with Crippen LogP contribution < -0.4 is 0 Å². The van der Waals surface area contributed by atoms with Crippen LogP contribution in [0.15, 0.2) is 21.8 Å². The van der Waals surface area contributed by atoms with E-state index in [0.717, 1.165) is 16.4 Å². The molecule has 0 fully saturated rings. The molecule has 0 saturated carbocycles. The number of hydrogen-bond acceptors (Lipinski definition) is 2. The van der Waals surface area contributed by atoms with Crippen LogP contribution in [0, 0.1) is 5.92 Å². The van der Waals surface area contributed by atoms with Gasteiger partial charge in [0.05, 0.1) is 6.10 Å². The molecule has 23 heavy (non-hydrogen) atoms. The first-order valence-corrected chi connectivity index (χ1v) is 12.7. The van der Waals surface area contributed by atoms with Crippen molar-refractivity contribution in [1.82, 2.24) is 0 Å². The van der Waals surface area contributed by atoms with Crippen LogP contribution in [0.2, 0.25) is 18.1 Å². The lowest BCUT2D eigenvalue weighted by atomic mass is 9.90. The molecule has 2 atom stereocenters. The lowest BCUT2D eigenvalue weighted by Crippen LogP contribution is -2.44. The third-order valence-corrected chi connectivity index (χ3v) is 10.3. The number of halogens is 1. The van der Waals surface area contributed by atoms with Crippen LogP contribution in [0.4, 0.5) is 0 Å². The summed E-state index contributed by atoms with van der Waals surface area (Å²) in [5.41, 5.74) is 0. The van der Waals surface area contributed by atoms with Crippen molar-refractivity contribution in [2.24, 2.45) is 5.92 Å². The summed E-state index contributed by atoms with van der Waals surface area (Å²) in [4.78, 5) is 11.3. The number of ketones is 1. The molecule has 2 unspecified atom stereocenters. The first-order chi connectivity index (χ1) is 10.5. The van der Waals surface area contributed by atoms with Gasteiger partial charge >= 0.3 is 0 Å². The molecule has 132 valence electrons. The Bertz CT molecular complexity index is 460. The number of carbonyl (C=O) groups excluding carboxylic acids is 1. The highest BCUT2D eigenvalue weighted by molar-refractivity contribution is 14.1. The standard InChI is InChI=1S/C19H33IO2Si/c1-15(21)12-17(20)14-18(13-16-10-8-7-9-11-16)22-23(5,6)19(2,3)4/h8,10,12,16,18H,7,9,11,13-14H2,1-6H3/b17-12-. The molecule has 0 saturated heterocycles. The van der Waals surface area contributed by atoms with Gasteiger partial charge in [-0.1, -0.05) is 32.9 Å². The van der Waals surface area contributed by atoms with Crippen LogP contribution in [-0.2, 0) is 9.22 Å². The van der Waals surface area contributed by atoms with Gasteiger partial charge in [-0.05, 0) is 88.9 Å². The normalized spacial score (nSPS) is 21.3. The van der Waals surface area contributed by atoms with E-state index >= 15 is 0 Å². The van der Waals surface area contributed by atoms with Gasteiger partial charge in [0.2, 0.25) is 0 Å². The first-order valence-electron chi connectivity index (χ1n) is 8.72. The first kappa shape index (κ1) is 21.1. The lowest BCUT2D eigenvalue weighted by molar-refractivity contribution is -0.112. The van der Waals surface area contributed by atoms with Crippen LogP contribution in [0.25, 0.3) is 0 Å².